The van der Waals surface area contributed by atoms with Crippen molar-refractivity contribution in [3.63, 3.8) is 0 Å². The number of amides is 1. The molecule has 2 aromatic carbocycles. The minimum absolute atomic E-state index is 0.225. The molecule has 0 saturated carbocycles. The van der Waals surface area contributed by atoms with Gasteiger partial charge in [-0.3, -0.25) is 9.48 Å². The molecule has 3 aromatic rings. The molecule has 116 valence electrons. The number of halogens is 2. The molecule has 0 saturated heterocycles. The van der Waals surface area contributed by atoms with Crippen LogP contribution >= 0.6 is 15.9 Å². The van der Waals surface area contributed by atoms with Crippen molar-refractivity contribution in [1.29, 1.82) is 0 Å². The van der Waals surface area contributed by atoms with Gasteiger partial charge < -0.3 is 5.32 Å². The zero-order valence-corrected chi connectivity index (χ0v) is 13.6. The lowest BCUT2D eigenvalue weighted by Gasteiger charge is -2.04. The monoisotopic (exact) mass is 373 g/mol. The number of aromatic nitrogens is 2. The Kier molecular flexibility index (Phi) is 4.52. The standard InChI is InChI=1S/C17H13BrFN3O/c18-14-6-3-5-12(8-14)17(23)21-15-9-20-22(11-15)10-13-4-1-2-7-16(13)19/h1-9,11H,10H2,(H,21,23). The normalized spacial score (nSPS) is 10.5. The third kappa shape index (κ3) is 3.84. The van der Waals surface area contributed by atoms with E-state index in [1.165, 1.54) is 12.3 Å². The Balaban J connectivity index is 1.70. The highest BCUT2D eigenvalue weighted by molar-refractivity contribution is 9.10. The second kappa shape index (κ2) is 6.75. The SMILES string of the molecule is O=C(Nc1cnn(Cc2ccccc2F)c1)c1cccc(Br)c1. The second-order valence-electron chi connectivity index (χ2n) is 4.98. The summed E-state index contributed by atoms with van der Waals surface area (Å²) in [7, 11) is 0. The molecule has 0 aliphatic rings. The minimum atomic E-state index is -0.275. The van der Waals surface area contributed by atoms with Gasteiger partial charge in [0.05, 0.1) is 18.4 Å². The van der Waals surface area contributed by atoms with Crippen molar-refractivity contribution >= 4 is 27.5 Å². The maximum atomic E-state index is 13.6. The molecule has 1 heterocycles. The van der Waals surface area contributed by atoms with E-state index in [1.807, 2.05) is 6.07 Å². The van der Waals surface area contributed by atoms with Gasteiger partial charge in [-0.2, -0.15) is 5.10 Å². The van der Waals surface area contributed by atoms with Crippen molar-refractivity contribution in [2.75, 3.05) is 5.32 Å². The van der Waals surface area contributed by atoms with Crippen LogP contribution in [0.15, 0.2) is 65.4 Å². The maximum Gasteiger partial charge on any atom is 0.255 e. The molecule has 0 atom stereocenters. The molecule has 23 heavy (non-hydrogen) atoms. The first-order valence-electron chi connectivity index (χ1n) is 6.94. The summed E-state index contributed by atoms with van der Waals surface area (Å²) in [4.78, 5) is 12.2. The number of carbonyl (C=O) groups excluding carboxylic acids is 1. The van der Waals surface area contributed by atoms with Gasteiger partial charge >= 0.3 is 0 Å². The van der Waals surface area contributed by atoms with Crippen LogP contribution < -0.4 is 5.32 Å². The molecular weight excluding hydrogens is 361 g/mol. The van der Waals surface area contributed by atoms with Crippen molar-refractivity contribution in [3.8, 4) is 0 Å². The van der Waals surface area contributed by atoms with Crippen LogP contribution in [0.1, 0.15) is 15.9 Å². The van der Waals surface area contributed by atoms with Gasteiger partial charge in [0.15, 0.2) is 0 Å². The fourth-order valence-electron chi connectivity index (χ4n) is 2.15. The molecular formula is C17H13BrFN3O. The lowest BCUT2D eigenvalue weighted by Crippen LogP contribution is -2.11. The van der Waals surface area contributed by atoms with E-state index in [1.54, 1.807) is 47.3 Å². The number of nitrogens with one attached hydrogen (secondary N) is 1. The Morgan fingerprint density at radius 2 is 2.04 bits per heavy atom. The molecule has 1 aromatic heterocycles. The number of anilines is 1. The molecule has 3 rings (SSSR count). The maximum absolute atomic E-state index is 13.6. The molecule has 0 radical (unpaired) electrons. The van der Waals surface area contributed by atoms with E-state index >= 15 is 0 Å². The third-order valence-electron chi connectivity index (χ3n) is 3.27. The van der Waals surface area contributed by atoms with Crippen LogP contribution in [-0.4, -0.2) is 15.7 Å². The van der Waals surface area contributed by atoms with E-state index in [4.69, 9.17) is 0 Å². The van der Waals surface area contributed by atoms with E-state index in [0.717, 1.165) is 4.47 Å². The Hall–Kier alpha value is -2.47. The van der Waals surface area contributed by atoms with Gasteiger partial charge in [0.1, 0.15) is 5.82 Å². The van der Waals surface area contributed by atoms with Crippen LogP contribution in [-0.2, 0) is 6.54 Å². The molecule has 0 bridgehead atoms. The lowest BCUT2D eigenvalue weighted by atomic mass is 10.2. The van der Waals surface area contributed by atoms with E-state index in [0.29, 0.717) is 23.4 Å². The van der Waals surface area contributed by atoms with Gasteiger partial charge in [-0.1, -0.05) is 40.2 Å². The topological polar surface area (TPSA) is 46.9 Å². The van der Waals surface area contributed by atoms with Gasteiger partial charge in [-0.15, -0.1) is 0 Å². The van der Waals surface area contributed by atoms with E-state index in [2.05, 4.69) is 26.3 Å². The first-order chi connectivity index (χ1) is 11.1. The minimum Gasteiger partial charge on any atom is -0.319 e. The first kappa shape index (κ1) is 15.4. The van der Waals surface area contributed by atoms with Gasteiger partial charge in [-0.25, -0.2) is 4.39 Å². The summed E-state index contributed by atoms with van der Waals surface area (Å²) in [6.07, 6.45) is 3.21. The molecule has 1 amide bonds. The molecule has 6 heteroatoms. The molecule has 0 unspecified atom stereocenters. The molecule has 0 spiro atoms. The Morgan fingerprint density at radius 1 is 1.22 bits per heavy atom. The van der Waals surface area contributed by atoms with Crippen molar-refractivity contribution in [1.82, 2.24) is 9.78 Å². The largest absolute Gasteiger partial charge is 0.319 e. The smallest absolute Gasteiger partial charge is 0.255 e. The molecule has 0 aliphatic heterocycles. The van der Waals surface area contributed by atoms with E-state index in [-0.39, 0.29) is 11.7 Å². The van der Waals surface area contributed by atoms with Gasteiger partial charge in [0.25, 0.3) is 5.91 Å². The number of rotatable bonds is 4. The molecule has 4 nitrogen and oxygen atoms in total. The van der Waals surface area contributed by atoms with E-state index in [9.17, 15) is 9.18 Å². The average molecular weight is 374 g/mol. The van der Waals surface area contributed by atoms with Crippen molar-refractivity contribution in [2.24, 2.45) is 0 Å². The Morgan fingerprint density at radius 3 is 2.83 bits per heavy atom. The number of carbonyl (C=O) groups is 1. The summed E-state index contributed by atoms with van der Waals surface area (Å²) in [6, 6.07) is 13.6. The van der Waals surface area contributed by atoms with Crippen LogP contribution in [0.5, 0.6) is 0 Å². The average Bonchev–Trinajstić information content (AvgIpc) is 2.97. The quantitative estimate of drug-likeness (QED) is 0.748. The van der Waals surface area contributed by atoms with E-state index < -0.39 is 0 Å². The summed E-state index contributed by atoms with van der Waals surface area (Å²) < 4.78 is 16.0. The summed E-state index contributed by atoms with van der Waals surface area (Å²) in [5.41, 5.74) is 1.65. The molecule has 0 aliphatic carbocycles. The molecule has 1 N–H and O–H groups in total. The highest BCUT2D eigenvalue weighted by atomic mass is 79.9. The number of hydrogen-bond donors (Lipinski definition) is 1. The highest BCUT2D eigenvalue weighted by Crippen LogP contribution is 2.15. The number of nitrogens with zero attached hydrogens (tertiary/aromatic N) is 2. The van der Waals surface area contributed by atoms with Gasteiger partial charge in [-0.05, 0) is 24.3 Å². The van der Waals surface area contributed by atoms with Gasteiger partial charge in [0.2, 0.25) is 0 Å². The first-order valence-corrected chi connectivity index (χ1v) is 7.74. The van der Waals surface area contributed by atoms with Crippen LogP contribution in [0.4, 0.5) is 10.1 Å². The van der Waals surface area contributed by atoms with Gasteiger partial charge in [0, 0.05) is 21.8 Å². The van der Waals surface area contributed by atoms with Crippen LogP contribution in [0.2, 0.25) is 0 Å². The third-order valence-corrected chi connectivity index (χ3v) is 3.76. The summed E-state index contributed by atoms with van der Waals surface area (Å²) in [5, 5.41) is 6.91. The molecule has 0 fully saturated rings. The zero-order valence-electron chi connectivity index (χ0n) is 12.0. The zero-order chi connectivity index (χ0) is 16.2. The summed E-state index contributed by atoms with van der Waals surface area (Å²) in [5.74, 6) is -0.500. The fraction of sp³-hybridized carbons (Fsp3) is 0.0588. The predicted octanol–water partition coefficient (Wildman–Crippen LogP) is 4.09. The van der Waals surface area contributed by atoms with Crippen molar-refractivity contribution < 1.29 is 9.18 Å². The van der Waals surface area contributed by atoms with Crippen molar-refractivity contribution in [3.05, 3.63) is 82.3 Å². The number of hydrogen-bond acceptors (Lipinski definition) is 2. The van der Waals surface area contributed by atoms with Crippen LogP contribution in [0.25, 0.3) is 0 Å². The van der Waals surface area contributed by atoms with Crippen molar-refractivity contribution in [2.45, 2.75) is 6.54 Å². The lowest BCUT2D eigenvalue weighted by molar-refractivity contribution is 0.102. The fourth-order valence-corrected chi connectivity index (χ4v) is 2.55. The highest BCUT2D eigenvalue weighted by Gasteiger charge is 2.09. The summed E-state index contributed by atoms with van der Waals surface area (Å²) in [6.45, 7) is 0.305. The Labute approximate surface area is 141 Å². The second-order valence-corrected chi connectivity index (χ2v) is 5.90. The Bertz CT molecular complexity index is 847. The van der Waals surface area contributed by atoms with Crippen LogP contribution in [0, 0.1) is 5.82 Å². The predicted molar refractivity (Wildman–Crippen MR) is 89.8 cm³/mol. The summed E-state index contributed by atoms with van der Waals surface area (Å²) >= 11 is 3.33. The van der Waals surface area contributed by atoms with Crippen LogP contribution in [0.3, 0.4) is 0 Å². The number of benzene rings is 2.